The largest absolute Gasteiger partial charge is 0.359 e. The summed E-state index contributed by atoms with van der Waals surface area (Å²) < 4.78 is 0. The minimum absolute atomic E-state index is 0.0426. The SMILES string of the molecule is Cc1ccc(N2C(=O)Nc3ccccc3[C@@]2(O)C(=O)N[C@@H]2CCC[C@@H](C)[C@@H]2C)cc1C. The van der Waals surface area contributed by atoms with Crippen LogP contribution >= 0.6 is 0 Å². The highest BCUT2D eigenvalue weighted by atomic mass is 16.3. The van der Waals surface area contributed by atoms with Crippen LogP contribution in [0.4, 0.5) is 16.2 Å². The van der Waals surface area contributed by atoms with Gasteiger partial charge in [-0.3, -0.25) is 9.69 Å². The minimum Gasteiger partial charge on any atom is -0.359 e. The molecule has 1 fully saturated rings. The first kappa shape index (κ1) is 21.4. The Morgan fingerprint density at radius 2 is 1.87 bits per heavy atom. The van der Waals surface area contributed by atoms with Crippen molar-refractivity contribution < 1.29 is 14.7 Å². The Labute approximate surface area is 183 Å². The van der Waals surface area contributed by atoms with Gasteiger partial charge < -0.3 is 15.7 Å². The standard InChI is InChI=1S/C25H31N3O3/c1-15-12-13-19(14-17(15)3)28-24(30)27-22-10-6-5-9-20(22)25(28,31)23(29)26-21-11-7-8-16(2)18(21)4/h5-6,9-10,12-14,16,18,21,31H,7-8,11H2,1-4H3,(H,26,29)(H,27,30)/t16-,18+,21-,25-/m1/s1. The van der Waals surface area contributed by atoms with Crippen LogP contribution in [0.1, 0.15) is 49.8 Å². The molecule has 0 unspecified atom stereocenters. The monoisotopic (exact) mass is 421 g/mol. The predicted molar refractivity (Wildman–Crippen MR) is 122 cm³/mol. The Morgan fingerprint density at radius 3 is 2.61 bits per heavy atom. The number of nitrogens with zero attached hydrogens (tertiary/aromatic N) is 1. The van der Waals surface area contributed by atoms with Gasteiger partial charge in [-0.15, -0.1) is 0 Å². The van der Waals surface area contributed by atoms with Crippen molar-refractivity contribution in [2.75, 3.05) is 10.2 Å². The molecule has 6 heteroatoms. The molecule has 4 atom stereocenters. The number of aryl methyl sites for hydroxylation is 2. The first-order valence-electron chi connectivity index (χ1n) is 11.0. The van der Waals surface area contributed by atoms with Gasteiger partial charge in [-0.1, -0.05) is 51.0 Å². The number of fused-ring (bicyclic) bond motifs is 1. The van der Waals surface area contributed by atoms with Gasteiger partial charge in [0.1, 0.15) is 0 Å². The third-order valence-electron chi connectivity index (χ3n) is 7.16. The maximum absolute atomic E-state index is 13.7. The molecule has 1 heterocycles. The zero-order valence-electron chi connectivity index (χ0n) is 18.6. The highest BCUT2D eigenvalue weighted by Crippen LogP contribution is 2.41. The second kappa shape index (κ2) is 8.00. The lowest BCUT2D eigenvalue weighted by atomic mass is 9.78. The quantitative estimate of drug-likeness (QED) is 0.685. The van der Waals surface area contributed by atoms with Gasteiger partial charge in [0, 0.05) is 17.3 Å². The first-order valence-corrected chi connectivity index (χ1v) is 11.0. The Hall–Kier alpha value is -2.86. The summed E-state index contributed by atoms with van der Waals surface area (Å²) in [5.74, 6) is 0.217. The number of aliphatic hydroxyl groups is 1. The van der Waals surface area contributed by atoms with E-state index in [9.17, 15) is 14.7 Å². The van der Waals surface area contributed by atoms with Gasteiger partial charge in [0.15, 0.2) is 0 Å². The summed E-state index contributed by atoms with van der Waals surface area (Å²) >= 11 is 0. The second-order valence-electron chi connectivity index (χ2n) is 9.10. The van der Waals surface area contributed by atoms with Crippen molar-refractivity contribution in [3.63, 3.8) is 0 Å². The molecule has 0 bridgehead atoms. The van der Waals surface area contributed by atoms with Crippen LogP contribution in [0.3, 0.4) is 0 Å². The number of carbonyl (C=O) groups excluding carboxylic acids is 2. The molecule has 31 heavy (non-hydrogen) atoms. The lowest BCUT2D eigenvalue weighted by Gasteiger charge is -2.44. The Morgan fingerprint density at radius 1 is 1.13 bits per heavy atom. The van der Waals surface area contributed by atoms with Crippen LogP contribution in [-0.4, -0.2) is 23.1 Å². The van der Waals surface area contributed by atoms with E-state index in [-0.39, 0.29) is 6.04 Å². The molecule has 1 saturated carbocycles. The van der Waals surface area contributed by atoms with Crippen molar-refractivity contribution in [3.05, 3.63) is 59.2 Å². The van der Waals surface area contributed by atoms with Crippen LogP contribution in [0.5, 0.6) is 0 Å². The summed E-state index contributed by atoms with van der Waals surface area (Å²) in [6, 6.07) is 11.8. The van der Waals surface area contributed by atoms with Crippen LogP contribution in [0, 0.1) is 25.7 Å². The lowest BCUT2D eigenvalue weighted by Crippen LogP contribution is -2.64. The van der Waals surface area contributed by atoms with Gasteiger partial charge >= 0.3 is 6.03 Å². The van der Waals surface area contributed by atoms with Gasteiger partial charge in [0.2, 0.25) is 0 Å². The summed E-state index contributed by atoms with van der Waals surface area (Å²) in [4.78, 5) is 28.0. The molecule has 164 valence electrons. The van der Waals surface area contributed by atoms with E-state index in [1.807, 2.05) is 26.0 Å². The summed E-state index contributed by atoms with van der Waals surface area (Å²) in [5.41, 5.74) is 1.16. The molecular formula is C25H31N3O3. The van der Waals surface area contributed by atoms with Crippen LogP contribution in [-0.2, 0) is 10.5 Å². The van der Waals surface area contributed by atoms with Crippen molar-refractivity contribution in [1.82, 2.24) is 5.32 Å². The highest BCUT2D eigenvalue weighted by Gasteiger charge is 2.52. The van der Waals surface area contributed by atoms with Crippen molar-refractivity contribution in [2.45, 2.75) is 58.7 Å². The van der Waals surface area contributed by atoms with Crippen molar-refractivity contribution in [2.24, 2.45) is 11.8 Å². The van der Waals surface area contributed by atoms with E-state index in [1.54, 1.807) is 30.3 Å². The molecule has 2 aromatic rings. The van der Waals surface area contributed by atoms with Crippen LogP contribution < -0.4 is 15.5 Å². The average molecular weight is 422 g/mol. The maximum Gasteiger partial charge on any atom is 0.329 e. The number of amides is 3. The second-order valence-corrected chi connectivity index (χ2v) is 9.10. The fraction of sp³-hybridized carbons (Fsp3) is 0.440. The molecule has 4 rings (SSSR count). The van der Waals surface area contributed by atoms with Gasteiger partial charge in [0.05, 0.1) is 5.69 Å². The molecule has 0 radical (unpaired) electrons. The van der Waals surface area contributed by atoms with E-state index >= 15 is 0 Å². The first-order chi connectivity index (χ1) is 14.7. The lowest BCUT2D eigenvalue weighted by molar-refractivity contribution is -0.141. The average Bonchev–Trinajstić information content (AvgIpc) is 2.74. The summed E-state index contributed by atoms with van der Waals surface area (Å²) in [6.45, 7) is 8.26. The van der Waals surface area contributed by atoms with Crippen LogP contribution in [0.25, 0.3) is 0 Å². The molecule has 3 amide bonds. The van der Waals surface area contributed by atoms with Crippen LogP contribution in [0.2, 0.25) is 0 Å². The number of rotatable bonds is 3. The summed E-state index contributed by atoms with van der Waals surface area (Å²) in [6.07, 6.45) is 3.04. The molecule has 1 aliphatic carbocycles. The Bertz CT molecular complexity index is 1020. The number of carbonyl (C=O) groups is 2. The Kier molecular flexibility index (Phi) is 5.52. The number of benzene rings is 2. The molecule has 2 aliphatic rings. The summed E-state index contributed by atoms with van der Waals surface area (Å²) in [7, 11) is 0. The van der Waals surface area contributed by atoms with Crippen molar-refractivity contribution in [1.29, 1.82) is 0 Å². The van der Waals surface area contributed by atoms with Gasteiger partial charge in [-0.25, -0.2) is 4.79 Å². The number of hydrogen-bond donors (Lipinski definition) is 3. The normalized spacial score (nSPS) is 28.0. The van der Waals surface area contributed by atoms with Gasteiger partial charge in [0.25, 0.3) is 11.6 Å². The number of urea groups is 1. The van der Waals surface area contributed by atoms with Crippen LogP contribution in [0.15, 0.2) is 42.5 Å². The number of anilines is 2. The zero-order valence-corrected chi connectivity index (χ0v) is 18.6. The Balaban J connectivity index is 1.79. The van der Waals surface area contributed by atoms with E-state index in [0.29, 0.717) is 28.8 Å². The van der Waals surface area contributed by atoms with Crippen molar-refractivity contribution >= 4 is 23.3 Å². The molecular weight excluding hydrogens is 390 g/mol. The third-order valence-corrected chi connectivity index (χ3v) is 7.16. The van der Waals surface area contributed by atoms with Crippen molar-refractivity contribution in [3.8, 4) is 0 Å². The minimum atomic E-state index is -2.15. The number of para-hydroxylation sites is 1. The maximum atomic E-state index is 13.7. The van der Waals surface area contributed by atoms with E-state index in [2.05, 4.69) is 24.5 Å². The van der Waals surface area contributed by atoms with E-state index in [4.69, 9.17) is 0 Å². The topological polar surface area (TPSA) is 81.7 Å². The molecule has 6 nitrogen and oxygen atoms in total. The molecule has 0 aromatic heterocycles. The molecule has 3 N–H and O–H groups in total. The summed E-state index contributed by atoms with van der Waals surface area (Å²) in [5, 5.41) is 17.9. The van der Waals surface area contributed by atoms with E-state index in [0.717, 1.165) is 30.4 Å². The highest BCUT2D eigenvalue weighted by molar-refractivity contribution is 6.11. The zero-order chi connectivity index (χ0) is 22.3. The number of nitrogens with one attached hydrogen (secondary N) is 2. The molecule has 0 spiro atoms. The predicted octanol–water partition coefficient (Wildman–Crippen LogP) is 4.44. The number of hydrogen-bond acceptors (Lipinski definition) is 3. The third kappa shape index (κ3) is 3.59. The fourth-order valence-corrected chi connectivity index (χ4v) is 4.78. The molecule has 2 aromatic carbocycles. The van der Waals surface area contributed by atoms with Gasteiger partial charge in [-0.05, 0) is 61.4 Å². The fourth-order valence-electron chi connectivity index (χ4n) is 4.78. The van der Waals surface area contributed by atoms with Gasteiger partial charge in [-0.2, -0.15) is 0 Å². The smallest absolute Gasteiger partial charge is 0.329 e. The molecule has 1 aliphatic heterocycles. The molecule has 0 saturated heterocycles. The van der Waals surface area contributed by atoms with E-state index < -0.39 is 17.7 Å². The van der Waals surface area contributed by atoms with E-state index in [1.165, 1.54) is 4.90 Å².